The van der Waals surface area contributed by atoms with Crippen molar-refractivity contribution in [1.29, 1.82) is 0 Å². The van der Waals surface area contributed by atoms with Gasteiger partial charge in [-0.25, -0.2) is 0 Å². The molecule has 0 spiro atoms. The molecule has 0 aliphatic carbocycles. The third-order valence-electron chi connectivity index (χ3n) is 1.86. The fourth-order valence-electron chi connectivity index (χ4n) is 1.20. The molecule has 6 heteroatoms. The smallest absolute Gasteiger partial charge is 0.206 e. The summed E-state index contributed by atoms with van der Waals surface area (Å²) in [6.45, 7) is -0.0151. The highest BCUT2D eigenvalue weighted by molar-refractivity contribution is 7.99. The van der Waals surface area contributed by atoms with E-state index in [-0.39, 0.29) is 6.61 Å². The Balaban J connectivity index is 1.92. The number of anilines is 1. The van der Waals surface area contributed by atoms with Gasteiger partial charge in [-0.15, -0.1) is 10.2 Å². The third-order valence-corrected chi connectivity index (χ3v) is 3.86. The van der Waals surface area contributed by atoms with E-state index in [1.54, 1.807) is 0 Å². The zero-order valence-electron chi connectivity index (χ0n) is 7.06. The van der Waals surface area contributed by atoms with E-state index in [2.05, 4.69) is 15.5 Å². The zero-order valence-corrected chi connectivity index (χ0v) is 8.70. The highest BCUT2D eigenvalue weighted by Gasteiger charge is 2.16. The first-order valence-corrected chi connectivity index (χ1v) is 6.13. The highest BCUT2D eigenvalue weighted by atomic mass is 32.2. The van der Waals surface area contributed by atoms with Crippen LogP contribution < -0.4 is 5.32 Å². The van der Waals surface area contributed by atoms with Gasteiger partial charge in [0.1, 0.15) is 5.01 Å². The van der Waals surface area contributed by atoms with Crippen LogP contribution in [0.4, 0.5) is 5.13 Å². The molecule has 2 heterocycles. The van der Waals surface area contributed by atoms with Crippen LogP contribution in [0.25, 0.3) is 0 Å². The van der Waals surface area contributed by atoms with E-state index in [1.807, 2.05) is 11.8 Å². The van der Waals surface area contributed by atoms with Crippen molar-refractivity contribution < 1.29 is 5.11 Å². The fourth-order valence-corrected chi connectivity index (χ4v) is 3.03. The highest BCUT2D eigenvalue weighted by Crippen LogP contribution is 2.23. The van der Waals surface area contributed by atoms with Gasteiger partial charge in [0.2, 0.25) is 5.13 Å². The van der Waals surface area contributed by atoms with E-state index in [4.69, 9.17) is 5.11 Å². The molecule has 1 unspecified atom stereocenters. The summed E-state index contributed by atoms with van der Waals surface area (Å²) in [7, 11) is 0. The number of nitrogens with zero attached hydrogens (tertiary/aromatic N) is 2. The summed E-state index contributed by atoms with van der Waals surface area (Å²) in [4.78, 5) is 0. The number of aromatic nitrogens is 2. The normalized spacial score (nSPS) is 22.1. The molecule has 2 N–H and O–H groups in total. The minimum Gasteiger partial charge on any atom is -0.389 e. The van der Waals surface area contributed by atoms with E-state index in [1.165, 1.54) is 23.5 Å². The average molecular weight is 217 g/mol. The number of nitrogens with one attached hydrogen (secondary N) is 1. The first-order valence-electron chi connectivity index (χ1n) is 4.16. The van der Waals surface area contributed by atoms with Crippen molar-refractivity contribution in [3.8, 4) is 0 Å². The van der Waals surface area contributed by atoms with Crippen LogP contribution in [-0.2, 0) is 6.61 Å². The molecular formula is C7H11N3OS2. The van der Waals surface area contributed by atoms with E-state index in [0.717, 1.165) is 10.9 Å². The van der Waals surface area contributed by atoms with Crippen LogP contribution in [0.5, 0.6) is 0 Å². The summed E-state index contributed by atoms with van der Waals surface area (Å²) in [5.41, 5.74) is 0. The van der Waals surface area contributed by atoms with Gasteiger partial charge >= 0.3 is 0 Å². The Hall–Kier alpha value is -0.330. The summed E-state index contributed by atoms with van der Waals surface area (Å²) < 4.78 is 0. The Morgan fingerprint density at radius 1 is 1.54 bits per heavy atom. The third kappa shape index (κ3) is 2.32. The molecule has 1 aliphatic heterocycles. The molecule has 0 aromatic carbocycles. The van der Waals surface area contributed by atoms with Crippen LogP contribution in [0.2, 0.25) is 0 Å². The van der Waals surface area contributed by atoms with Crippen molar-refractivity contribution in [2.75, 3.05) is 16.8 Å². The monoisotopic (exact) mass is 217 g/mol. The number of thioether (sulfide) groups is 1. The number of hydrogen-bond donors (Lipinski definition) is 2. The topological polar surface area (TPSA) is 58.0 Å². The van der Waals surface area contributed by atoms with Crippen molar-refractivity contribution in [1.82, 2.24) is 10.2 Å². The Morgan fingerprint density at radius 2 is 2.46 bits per heavy atom. The minimum atomic E-state index is -0.0151. The van der Waals surface area contributed by atoms with Gasteiger partial charge in [0, 0.05) is 11.8 Å². The number of hydrogen-bond acceptors (Lipinski definition) is 6. The number of aliphatic hydroxyl groups is 1. The lowest BCUT2D eigenvalue weighted by Crippen LogP contribution is -2.17. The fraction of sp³-hybridized carbons (Fsp3) is 0.714. The molecule has 1 saturated heterocycles. The quantitative estimate of drug-likeness (QED) is 0.789. The second-order valence-corrected chi connectivity index (χ2v) is 5.08. The molecule has 0 saturated carbocycles. The zero-order chi connectivity index (χ0) is 9.10. The van der Waals surface area contributed by atoms with Crippen LogP contribution in [0.1, 0.15) is 11.4 Å². The van der Waals surface area contributed by atoms with Gasteiger partial charge in [0.25, 0.3) is 0 Å². The van der Waals surface area contributed by atoms with E-state index >= 15 is 0 Å². The van der Waals surface area contributed by atoms with Crippen LogP contribution in [0.3, 0.4) is 0 Å². The minimum absolute atomic E-state index is 0.0151. The molecule has 13 heavy (non-hydrogen) atoms. The largest absolute Gasteiger partial charge is 0.389 e. The predicted molar refractivity (Wildman–Crippen MR) is 55.2 cm³/mol. The van der Waals surface area contributed by atoms with Gasteiger partial charge in [-0.1, -0.05) is 11.3 Å². The molecule has 0 radical (unpaired) electrons. The molecule has 1 fully saturated rings. The maximum atomic E-state index is 8.79. The van der Waals surface area contributed by atoms with Gasteiger partial charge in [-0.2, -0.15) is 11.8 Å². The lowest BCUT2D eigenvalue weighted by atomic mass is 10.3. The van der Waals surface area contributed by atoms with Crippen LogP contribution in [0.15, 0.2) is 0 Å². The Bertz CT molecular complexity index is 272. The lowest BCUT2D eigenvalue weighted by molar-refractivity contribution is 0.280. The molecule has 1 atom stereocenters. The standard InChI is InChI=1S/C7H11N3OS2/c11-3-6-9-10-7(13-6)8-5-1-2-12-4-5/h5,11H,1-4H2,(H,8,10). The van der Waals surface area contributed by atoms with E-state index in [9.17, 15) is 0 Å². The van der Waals surface area contributed by atoms with Crippen molar-refractivity contribution in [2.24, 2.45) is 0 Å². The maximum absolute atomic E-state index is 8.79. The van der Waals surface area contributed by atoms with Crippen LogP contribution >= 0.6 is 23.1 Å². The molecule has 0 bridgehead atoms. The molecule has 0 amide bonds. The van der Waals surface area contributed by atoms with Gasteiger partial charge < -0.3 is 10.4 Å². The van der Waals surface area contributed by atoms with Crippen LogP contribution in [-0.4, -0.2) is 32.9 Å². The summed E-state index contributed by atoms with van der Waals surface area (Å²) in [5, 5.41) is 21.4. The Labute approximate surface area is 84.8 Å². The van der Waals surface area contributed by atoms with Crippen LogP contribution in [0, 0.1) is 0 Å². The van der Waals surface area contributed by atoms with Gasteiger partial charge in [-0.3, -0.25) is 0 Å². The van der Waals surface area contributed by atoms with Crippen molar-refractivity contribution in [2.45, 2.75) is 19.1 Å². The number of aliphatic hydroxyl groups excluding tert-OH is 1. The molecule has 2 rings (SSSR count). The number of rotatable bonds is 3. The predicted octanol–water partition coefficient (Wildman–Crippen LogP) is 0.948. The molecule has 1 aromatic heterocycles. The Morgan fingerprint density at radius 3 is 3.08 bits per heavy atom. The second-order valence-electron chi connectivity index (χ2n) is 2.86. The summed E-state index contributed by atoms with van der Waals surface area (Å²) in [5.74, 6) is 2.37. The van der Waals surface area contributed by atoms with Gasteiger partial charge in [0.05, 0.1) is 6.61 Å². The van der Waals surface area contributed by atoms with Crippen molar-refractivity contribution in [3.05, 3.63) is 5.01 Å². The summed E-state index contributed by atoms with van der Waals surface area (Å²) >= 11 is 3.39. The van der Waals surface area contributed by atoms with E-state index in [0.29, 0.717) is 11.0 Å². The molecule has 1 aromatic rings. The van der Waals surface area contributed by atoms with E-state index < -0.39 is 0 Å². The van der Waals surface area contributed by atoms with Gasteiger partial charge in [-0.05, 0) is 12.2 Å². The maximum Gasteiger partial charge on any atom is 0.206 e. The van der Waals surface area contributed by atoms with Crippen molar-refractivity contribution in [3.63, 3.8) is 0 Å². The first kappa shape index (κ1) is 9.23. The SMILES string of the molecule is OCc1nnc(NC2CCSC2)s1. The Kier molecular flexibility index (Phi) is 3.02. The molecule has 72 valence electrons. The summed E-state index contributed by atoms with van der Waals surface area (Å²) in [6.07, 6.45) is 1.19. The summed E-state index contributed by atoms with van der Waals surface area (Å²) in [6, 6.07) is 0.532. The molecule has 4 nitrogen and oxygen atoms in total. The van der Waals surface area contributed by atoms with Gasteiger partial charge in [0.15, 0.2) is 0 Å². The van der Waals surface area contributed by atoms with Crippen molar-refractivity contribution >= 4 is 28.2 Å². The average Bonchev–Trinajstić information content (AvgIpc) is 2.76. The molecule has 1 aliphatic rings. The first-order chi connectivity index (χ1) is 6.38. The molecular weight excluding hydrogens is 206 g/mol. The second kappa shape index (κ2) is 4.26. The lowest BCUT2D eigenvalue weighted by Gasteiger charge is -2.07.